The van der Waals surface area contributed by atoms with Gasteiger partial charge in [0, 0.05) is 11.4 Å². The van der Waals surface area contributed by atoms with Gasteiger partial charge in [-0.2, -0.15) is 0 Å². The van der Waals surface area contributed by atoms with Crippen molar-refractivity contribution in [1.29, 1.82) is 0 Å². The molecule has 0 saturated heterocycles. The summed E-state index contributed by atoms with van der Waals surface area (Å²) in [4.78, 5) is 19.9. The molecule has 0 aliphatic heterocycles. The summed E-state index contributed by atoms with van der Waals surface area (Å²) in [6.45, 7) is 8.04. The molecular formula is C14H23N3O2. The largest absolute Gasteiger partial charge is 0.480 e. The normalized spacial score (nSPS) is 12.5. The molecule has 1 aromatic rings. The summed E-state index contributed by atoms with van der Waals surface area (Å²) in [7, 11) is 0. The van der Waals surface area contributed by atoms with Crippen molar-refractivity contribution >= 4 is 11.9 Å². The van der Waals surface area contributed by atoms with Gasteiger partial charge in [-0.05, 0) is 31.2 Å². The van der Waals surface area contributed by atoms with E-state index in [-0.39, 0.29) is 0 Å². The fourth-order valence-corrected chi connectivity index (χ4v) is 1.83. The van der Waals surface area contributed by atoms with Crippen LogP contribution in [0.2, 0.25) is 0 Å². The van der Waals surface area contributed by atoms with Crippen LogP contribution in [-0.4, -0.2) is 27.1 Å². The zero-order valence-electron chi connectivity index (χ0n) is 12.1. The molecule has 5 heteroatoms. The van der Waals surface area contributed by atoms with E-state index in [1.807, 2.05) is 33.8 Å². The van der Waals surface area contributed by atoms with E-state index in [9.17, 15) is 9.90 Å². The van der Waals surface area contributed by atoms with E-state index in [2.05, 4.69) is 15.3 Å². The Balaban J connectivity index is 2.91. The van der Waals surface area contributed by atoms with E-state index >= 15 is 0 Å². The van der Waals surface area contributed by atoms with Crippen LogP contribution in [0.5, 0.6) is 0 Å². The molecule has 0 aliphatic carbocycles. The van der Waals surface area contributed by atoms with Crippen molar-refractivity contribution in [2.75, 3.05) is 5.32 Å². The number of aliphatic carboxylic acids is 1. The molecule has 106 valence electrons. The lowest BCUT2D eigenvalue weighted by Crippen LogP contribution is -2.31. The first-order valence-corrected chi connectivity index (χ1v) is 6.82. The van der Waals surface area contributed by atoms with E-state index in [0.717, 1.165) is 24.2 Å². The third kappa shape index (κ3) is 4.85. The second-order valence-corrected chi connectivity index (χ2v) is 5.05. The molecule has 19 heavy (non-hydrogen) atoms. The summed E-state index contributed by atoms with van der Waals surface area (Å²) in [6, 6.07) is 1.32. The highest BCUT2D eigenvalue weighted by atomic mass is 16.4. The number of hydrogen-bond acceptors (Lipinski definition) is 4. The molecule has 0 aliphatic rings. The first kappa shape index (κ1) is 15.4. The van der Waals surface area contributed by atoms with Crippen LogP contribution in [0, 0.1) is 5.92 Å². The number of rotatable bonds is 7. The summed E-state index contributed by atoms with van der Waals surface area (Å²) >= 11 is 0. The molecule has 2 N–H and O–H groups in total. The van der Waals surface area contributed by atoms with Crippen LogP contribution in [0.4, 0.5) is 5.95 Å². The second-order valence-electron chi connectivity index (χ2n) is 5.05. The van der Waals surface area contributed by atoms with Crippen molar-refractivity contribution in [2.45, 2.75) is 53.0 Å². The van der Waals surface area contributed by atoms with E-state index in [0.29, 0.717) is 18.3 Å². The second kappa shape index (κ2) is 7.07. The maximum atomic E-state index is 11.2. The Morgan fingerprint density at radius 2 is 1.79 bits per heavy atom. The van der Waals surface area contributed by atoms with Crippen molar-refractivity contribution < 1.29 is 9.90 Å². The molecule has 5 nitrogen and oxygen atoms in total. The summed E-state index contributed by atoms with van der Waals surface area (Å²) in [5, 5.41) is 12.2. The van der Waals surface area contributed by atoms with E-state index < -0.39 is 12.0 Å². The number of carboxylic acids is 1. The SMILES string of the molecule is CCc1cc(CC)nc(NC(CC(C)C)C(=O)O)n1. The zero-order valence-corrected chi connectivity index (χ0v) is 12.1. The van der Waals surface area contributed by atoms with Crippen LogP contribution in [0.15, 0.2) is 6.07 Å². The maximum absolute atomic E-state index is 11.2. The molecule has 0 saturated carbocycles. The lowest BCUT2D eigenvalue weighted by Gasteiger charge is -2.17. The van der Waals surface area contributed by atoms with Gasteiger partial charge in [0.2, 0.25) is 5.95 Å². The molecule has 0 aromatic carbocycles. The van der Waals surface area contributed by atoms with Crippen molar-refractivity contribution in [3.8, 4) is 0 Å². The predicted octanol–water partition coefficient (Wildman–Crippen LogP) is 2.51. The Morgan fingerprint density at radius 1 is 1.26 bits per heavy atom. The molecule has 0 fully saturated rings. The van der Waals surface area contributed by atoms with Crippen LogP contribution >= 0.6 is 0 Å². The molecule has 1 unspecified atom stereocenters. The minimum absolute atomic E-state index is 0.300. The van der Waals surface area contributed by atoms with Gasteiger partial charge in [0.25, 0.3) is 0 Å². The number of anilines is 1. The topological polar surface area (TPSA) is 75.1 Å². The molecule has 0 spiro atoms. The highest BCUT2D eigenvalue weighted by molar-refractivity contribution is 5.76. The van der Waals surface area contributed by atoms with E-state index in [1.165, 1.54) is 0 Å². The summed E-state index contributed by atoms with van der Waals surface area (Å²) in [5.41, 5.74) is 1.87. The summed E-state index contributed by atoms with van der Waals surface area (Å²) < 4.78 is 0. The Morgan fingerprint density at radius 3 is 2.16 bits per heavy atom. The van der Waals surface area contributed by atoms with Gasteiger partial charge in [-0.1, -0.05) is 27.7 Å². The Hall–Kier alpha value is -1.65. The monoisotopic (exact) mass is 265 g/mol. The smallest absolute Gasteiger partial charge is 0.326 e. The Kier molecular flexibility index (Phi) is 5.73. The molecule has 0 bridgehead atoms. The van der Waals surface area contributed by atoms with Crippen molar-refractivity contribution in [3.05, 3.63) is 17.5 Å². The molecule has 0 radical (unpaired) electrons. The van der Waals surface area contributed by atoms with Crippen molar-refractivity contribution in [1.82, 2.24) is 9.97 Å². The molecule has 1 heterocycles. The van der Waals surface area contributed by atoms with Crippen molar-refractivity contribution in [3.63, 3.8) is 0 Å². The molecule has 1 atom stereocenters. The van der Waals surface area contributed by atoms with Gasteiger partial charge in [-0.25, -0.2) is 14.8 Å². The zero-order chi connectivity index (χ0) is 14.4. The Labute approximate surface area is 114 Å². The third-order valence-corrected chi connectivity index (χ3v) is 2.87. The number of hydrogen-bond donors (Lipinski definition) is 2. The highest BCUT2D eigenvalue weighted by Gasteiger charge is 2.20. The Bertz CT molecular complexity index is 410. The van der Waals surface area contributed by atoms with Crippen LogP contribution in [0.25, 0.3) is 0 Å². The summed E-state index contributed by atoms with van der Waals surface area (Å²) in [6.07, 6.45) is 2.18. The highest BCUT2D eigenvalue weighted by Crippen LogP contribution is 2.12. The molecule has 1 aromatic heterocycles. The van der Waals surface area contributed by atoms with E-state index in [1.54, 1.807) is 0 Å². The molecular weight excluding hydrogens is 242 g/mol. The standard InChI is InChI=1S/C14H23N3O2/c1-5-10-8-11(6-2)16-14(15-10)17-12(13(18)19)7-9(3)4/h8-9,12H,5-7H2,1-4H3,(H,18,19)(H,15,16,17). The third-order valence-electron chi connectivity index (χ3n) is 2.87. The van der Waals surface area contributed by atoms with Gasteiger partial charge in [-0.3, -0.25) is 0 Å². The van der Waals surface area contributed by atoms with Gasteiger partial charge >= 0.3 is 5.97 Å². The minimum atomic E-state index is -0.864. The number of nitrogens with zero attached hydrogens (tertiary/aromatic N) is 2. The van der Waals surface area contributed by atoms with Crippen LogP contribution in [0.1, 0.15) is 45.5 Å². The number of aromatic nitrogens is 2. The van der Waals surface area contributed by atoms with Crippen LogP contribution in [0.3, 0.4) is 0 Å². The summed E-state index contributed by atoms with van der Waals surface area (Å²) in [5.74, 6) is -0.143. The van der Waals surface area contributed by atoms with Gasteiger partial charge in [0.15, 0.2) is 0 Å². The molecule has 0 amide bonds. The molecule has 1 rings (SSSR count). The quantitative estimate of drug-likeness (QED) is 0.792. The number of carboxylic acid groups (broad SMARTS) is 1. The van der Waals surface area contributed by atoms with Gasteiger partial charge in [0.05, 0.1) is 0 Å². The van der Waals surface area contributed by atoms with Crippen LogP contribution < -0.4 is 5.32 Å². The van der Waals surface area contributed by atoms with Gasteiger partial charge < -0.3 is 10.4 Å². The number of carbonyl (C=O) groups is 1. The average Bonchev–Trinajstić information content (AvgIpc) is 2.36. The predicted molar refractivity (Wildman–Crippen MR) is 75.3 cm³/mol. The fraction of sp³-hybridized carbons (Fsp3) is 0.643. The van der Waals surface area contributed by atoms with E-state index in [4.69, 9.17) is 0 Å². The van der Waals surface area contributed by atoms with Crippen LogP contribution in [-0.2, 0) is 17.6 Å². The number of aryl methyl sites for hydroxylation is 2. The average molecular weight is 265 g/mol. The first-order chi connectivity index (χ1) is 8.96. The maximum Gasteiger partial charge on any atom is 0.326 e. The fourth-order valence-electron chi connectivity index (χ4n) is 1.83. The number of nitrogens with one attached hydrogen (secondary N) is 1. The van der Waals surface area contributed by atoms with Gasteiger partial charge in [-0.15, -0.1) is 0 Å². The lowest BCUT2D eigenvalue weighted by atomic mass is 10.0. The van der Waals surface area contributed by atoms with Gasteiger partial charge in [0.1, 0.15) is 6.04 Å². The minimum Gasteiger partial charge on any atom is -0.480 e. The first-order valence-electron chi connectivity index (χ1n) is 6.82. The lowest BCUT2D eigenvalue weighted by molar-refractivity contribution is -0.138. The van der Waals surface area contributed by atoms with Crippen molar-refractivity contribution in [2.24, 2.45) is 5.92 Å².